The molecule has 0 radical (unpaired) electrons. The van der Waals surface area contributed by atoms with Crippen LogP contribution in [0.25, 0.3) is 22.2 Å². The average Bonchev–Trinajstić information content (AvgIpc) is 3.12. The molecule has 0 saturated heterocycles. The third-order valence-corrected chi connectivity index (χ3v) is 6.40. The van der Waals surface area contributed by atoms with E-state index in [4.69, 9.17) is 9.97 Å². The lowest BCUT2D eigenvalue weighted by Crippen LogP contribution is -2.19. The molecule has 2 aromatic carbocycles. The van der Waals surface area contributed by atoms with Crippen molar-refractivity contribution in [1.29, 1.82) is 5.26 Å². The van der Waals surface area contributed by atoms with Gasteiger partial charge in [-0.2, -0.15) is 5.26 Å². The van der Waals surface area contributed by atoms with Crippen LogP contribution in [0, 0.1) is 11.3 Å². The first kappa shape index (κ1) is 22.9. The molecule has 168 valence electrons. The minimum atomic E-state index is -0.273. The van der Waals surface area contributed by atoms with Crippen molar-refractivity contribution in [2.45, 2.75) is 52.0 Å². The summed E-state index contributed by atoms with van der Waals surface area (Å²) in [5.41, 5.74) is 3.51. The number of nitrogens with one attached hydrogen (secondary N) is 1. The van der Waals surface area contributed by atoms with Crippen LogP contribution in [-0.4, -0.2) is 20.4 Å². The number of carbonyl (C=O) groups excluding carboxylic acids is 1. The van der Waals surface area contributed by atoms with E-state index in [1.807, 2.05) is 41.0 Å². The molecule has 2 aromatic heterocycles. The highest BCUT2D eigenvalue weighted by atomic mass is 79.9. The SMILES string of the molecule is CCCCC[C@@H](CC)n1c(NC(=O)c2cccc(Br)c2)c(C#N)c2nc3ccccc3nc21. The topological polar surface area (TPSA) is 83.6 Å². The van der Waals surface area contributed by atoms with Gasteiger partial charge in [-0.25, -0.2) is 9.97 Å². The first-order valence-electron chi connectivity index (χ1n) is 11.3. The third kappa shape index (κ3) is 4.62. The Balaban J connectivity index is 1.91. The fourth-order valence-electron chi connectivity index (χ4n) is 4.20. The van der Waals surface area contributed by atoms with E-state index >= 15 is 0 Å². The molecule has 4 rings (SSSR count). The van der Waals surface area contributed by atoms with E-state index in [2.05, 4.69) is 41.2 Å². The molecule has 2 heterocycles. The zero-order valence-electron chi connectivity index (χ0n) is 18.8. The van der Waals surface area contributed by atoms with E-state index in [1.165, 1.54) is 0 Å². The molecule has 0 aliphatic heterocycles. The molecule has 1 N–H and O–H groups in total. The lowest BCUT2D eigenvalue weighted by molar-refractivity contribution is 0.102. The van der Waals surface area contributed by atoms with Crippen LogP contribution >= 0.6 is 15.9 Å². The van der Waals surface area contributed by atoms with Crippen LogP contribution in [0.4, 0.5) is 5.82 Å². The molecule has 33 heavy (non-hydrogen) atoms. The fourth-order valence-corrected chi connectivity index (χ4v) is 4.60. The molecule has 4 aromatic rings. The zero-order valence-corrected chi connectivity index (χ0v) is 20.4. The molecule has 0 saturated carbocycles. The molecule has 0 spiro atoms. The van der Waals surface area contributed by atoms with Crippen LogP contribution in [0.15, 0.2) is 53.0 Å². The van der Waals surface area contributed by atoms with Crippen molar-refractivity contribution < 1.29 is 4.79 Å². The summed E-state index contributed by atoms with van der Waals surface area (Å²) in [5.74, 6) is 0.195. The summed E-state index contributed by atoms with van der Waals surface area (Å²) in [6, 6.07) is 17.2. The van der Waals surface area contributed by atoms with E-state index in [1.54, 1.807) is 12.1 Å². The Labute approximate surface area is 201 Å². The second kappa shape index (κ2) is 10.1. The molecule has 1 amide bonds. The number of nitriles is 1. The number of fused-ring (bicyclic) bond motifs is 2. The van der Waals surface area contributed by atoms with E-state index in [0.717, 1.165) is 47.6 Å². The number of rotatable bonds is 8. The number of hydrogen-bond acceptors (Lipinski definition) is 4. The lowest BCUT2D eigenvalue weighted by atomic mass is 10.1. The van der Waals surface area contributed by atoms with E-state index < -0.39 is 0 Å². The first-order valence-corrected chi connectivity index (χ1v) is 12.1. The van der Waals surface area contributed by atoms with Crippen LogP contribution in [-0.2, 0) is 0 Å². The van der Waals surface area contributed by atoms with Crippen LogP contribution in [0.5, 0.6) is 0 Å². The Morgan fingerprint density at radius 1 is 1.12 bits per heavy atom. The number of hydrogen-bond donors (Lipinski definition) is 1. The molecule has 0 aliphatic rings. The van der Waals surface area contributed by atoms with Gasteiger partial charge >= 0.3 is 0 Å². The molecule has 0 aliphatic carbocycles. The van der Waals surface area contributed by atoms with Crippen LogP contribution in [0.1, 0.15) is 67.9 Å². The van der Waals surface area contributed by atoms with Crippen molar-refractivity contribution in [3.8, 4) is 6.07 Å². The Bertz CT molecular complexity index is 1350. The van der Waals surface area contributed by atoms with E-state index in [0.29, 0.717) is 28.1 Å². The summed E-state index contributed by atoms with van der Waals surface area (Å²) < 4.78 is 2.84. The largest absolute Gasteiger partial charge is 0.307 e. The standard InChI is InChI=1S/C26H26BrN5O/c1-3-5-6-12-19(4-2)32-24(31-26(33)17-10-9-11-18(27)15-17)20(16-28)23-25(32)30-22-14-8-7-13-21(22)29-23/h7-11,13-15,19H,3-6,12H2,1-2H3,(H,31,33)/t19-/m1/s1. The number of unbranched alkanes of at least 4 members (excludes halogenated alkanes) is 2. The predicted molar refractivity (Wildman–Crippen MR) is 135 cm³/mol. The van der Waals surface area contributed by atoms with Gasteiger partial charge in [0.15, 0.2) is 5.65 Å². The molecule has 0 unspecified atom stereocenters. The molecular formula is C26H26BrN5O. The maximum Gasteiger partial charge on any atom is 0.256 e. The fraction of sp³-hybridized carbons (Fsp3) is 0.308. The Kier molecular flexibility index (Phi) is 7.05. The number of carbonyl (C=O) groups is 1. The van der Waals surface area contributed by atoms with Crippen LogP contribution in [0.2, 0.25) is 0 Å². The summed E-state index contributed by atoms with van der Waals surface area (Å²) in [4.78, 5) is 22.8. The lowest BCUT2D eigenvalue weighted by Gasteiger charge is -2.21. The highest BCUT2D eigenvalue weighted by Gasteiger charge is 2.26. The maximum atomic E-state index is 13.2. The minimum absolute atomic E-state index is 0.0921. The van der Waals surface area contributed by atoms with Gasteiger partial charge in [0, 0.05) is 16.1 Å². The Hall–Kier alpha value is -3.24. The van der Waals surface area contributed by atoms with Gasteiger partial charge in [-0.05, 0) is 43.2 Å². The normalized spacial score (nSPS) is 12.1. The third-order valence-electron chi connectivity index (χ3n) is 5.90. The summed E-state index contributed by atoms with van der Waals surface area (Å²) in [6.45, 7) is 4.31. The van der Waals surface area contributed by atoms with Gasteiger partial charge in [-0.15, -0.1) is 0 Å². The second-order valence-electron chi connectivity index (χ2n) is 8.11. The Morgan fingerprint density at radius 2 is 1.88 bits per heavy atom. The minimum Gasteiger partial charge on any atom is -0.307 e. The molecule has 6 nitrogen and oxygen atoms in total. The summed E-state index contributed by atoms with van der Waals surface area (Å²) >= 11 is 3.42. The summed E-state index contributed by atoms with van der Waals surface area (Å²) in [7, 11) is 0. The number of aromatic nitrogens is 3. The molecule has 7 heteroatoms. The van der Waals surface area contributed by atoms with Crippen LogP contribution in [0.3, 0.4) is 0 Å². The van der Waals surface area contributed by atoms with E-state index in [9.17, 15) is 10.1 Å². The number of para-hydroxylation sites is 2. The van der Waals surface area contributed by atoms with Crippen molar-refractivity contribution in [3.05, 3.63) is 64.1 Å². The van der Waals surface area contributed by atoms with Gasteiger partial charge < -0.3 is 9.88 Å². The second-order valence-corrected chi connectivity index (χ2v) is 9.03. The molecular weight excluding hydrogens is 478 g/mol. The van der Waals surface area contributed by atoms with Gasteiger partial charge in [0.25, 0.3) is 5.91 Å². The van der Waals surface area contributed by atoms with Crippen molar-refractivity contribution in [2.24, 2.45) is 0 Å². The van der Waals surface area contributed by atoms with Gasteiger partial charge in [0.2, 0.25) is 0 Å². The van der Waals surface area contributed by atoms with Gasteiger partial charge in [0.05, 0.1) is 11.0 Å². The van der Waals surface area contributed by atoms with Crippen molar-refractivity contribution in [1.82, 2.24) is 14.5 Å². The Morgan fingerprint density at radius 3 is 2.55 bits per heavy atom. The number of nitrogens with zero attached hydrogens (tertiary/aromatic N) is 4. The van der Waals surface area contributed by atoms with Crippen molar-refractivity contribution >= 4 is 49.9 Å². The number of halogens is 1. The van der Waals surface area contributed by atoms with Crippen LogP contribution < -0.4 is 5.32 Å². The zero-order chi connectivity index (χ0) is 23.4. The van der Waals surface area contributed by atoms with Crippen molar-refractivity contribution in [3.63, 3.8) is 0 Å². The first-order chi connectivity index (χ1) is 16.1. The summed E-state index contributed by atoms with van der Waals surface area (Å²) in [6.07, 6.45) is 5.12. The predicted octanol–water partition coefficient (Wildman–Crippen LogP) is 7.00. The maximum absolute atomic E-state index is 13.2. The van der Waals surface area contributed by atoms with E-state index in [-0.39, 0.29) is 11.9 Å². The monoisotopic (exact) mass is 503 g/mol. The molecule has 0 fully saturated rings. The molecule has 0 bridgehead atoms. The van der Waals surface area contributed by atoms with Gasteiger partial charge in [-0.3, -0.25) is 4.79 Å². The summed E-state index contributed by atoms with van der Waals surface area (Å²) in [5, 5.41) is 13.1. The number of benzene rings is 2. The number of amides is 1. The highest BCUT2D eigenvalue weighted by molar-refractivity contribution is 9.10. The highest BCUT2D eigenvalue weighted by Crippen LogP contribution is 2.35. The number of anilines is 1. The van der Waals surface area contributed by atoms with Gasteiger partial charge in [0.1, 0.15) is 23.0 Å². The average molecular weight is 504 g/mol. The quantitative estimate of drug-likeness (QED) is 0.262. The van der Waals surface area contributed by atoms with Crippen molar-refractivity contribution in [2.75, 3.05) is 5.32 Å². The molecule has 1 atom stereocenters. The van der Waals surface area contributed by atoms with Gasteiger partial charge in [-0.1, -0.05) is 67.2 Å². The smallest absolute Gasteiger partial charge is 0.256 e.